The number of nitrogens with zero attached hydrogens (tertiary/aromatic N) is 4. The third-order valence-corrected chi connectivity index (χ3v) is 7.01. The zero-order valence-electron chi connectivity index (χ0n) is 20.3. The van der Waals surface area contributed by atoms with Crippen LogP contribution in [-0.2, 0) is 6.18 Å². The minimum Gasteiger partial charge on any atom is -0.334 e. The Morgan fingerprint density at radius 1 is 0.842 bits per heavy atom. The van der Waals surface area contributed by atoms with Crippen LogP contribution in [0.15, 0.2) is 103 Å². The molecule has 1 fully saturated rings. The molecule has 1 saturated heterocycles. The predicted molar refractivity (Wildman–Crippen MR) is 139 cm³/mol. The fourth-order valence-electron chi connectivity index (χ4n) is 5.09. The maximum absolute atomic E-state index is 13.5. The lowest BCUT2D eigenvalue weighted by Gasteiger charge is -2.21. The summed E-state index contributed by atoms with van der Waals surface area (Å²) in [6.07, 6.45) is -0.619. The quantitative estimate of drug-likeness (QED) is 0.322. The van der Waals surface area contributed by atoms with Gasteiger partial charge in [0.1, 0.15) is 0 Å². The molecule has 2 aliphatic heterocycles. The average molecular weight is 513 g/mol. The SMILES string of the molecule is O=C(c1ccccc1-c1ccc(C(F)(F)F)cc1)N1CC2=CN(c3nccc(-c4ccccc4)n3)CC2C1. The topological polar surface area (TPSA) is 49.3 Å². The van der Waals surface area contributed by atoms with Crippen LogP contribution in [-0.4, -0.2) is 40.4 Å². The number of benzene rings is 3. The van der Waals surface area contributed by atoms with Gasteiger partial charge in [-0.15, -0.1) is 0 Å². The molecular formula is C30H23F3N4O. The number of alkyl halides is 3. The highest BCUT2D eigenvalue weighted by Crippen LogP contribution is 2.35. The van der Waals surface area contributed by atoms with Gasteiger partial charge in [0, 0.05) is 49.1 Å². The van der Waals surface area contributed by atoms with E-state index in [0.29, 0.717) is 42.3 Å². The summed E-state index contributed by atoms with van der Waals surface area (Å²) in [7, 11) is 0. The van der Waals surface area contributed by atoms with Gasteiger partial charge in [0.2, 0.25) is 5.95 Å². The Balaban J connectivity index is 1.20. The van der Waals surface area contributed by atoms with Gasteiger partial charge in [-0.05, 0) is 41.0 Å². The zero-order valence-corrected chi connectivity index (χ0v) is 20.3. The Morgan fingerprint density at radius 3 is 2.32 bits per heavy atom. The van der Waals surface area contributed by atoms with Crippen LogP contribution in [0.2, 0.25) is 0 Å². The van der Waals surface area contributed by atoms with E-state index in [-0.39, 0.29) is 11.8 Å². The van der Waals surface area contributed by atoms with Crippen molar-refractivity contribution in [3.63, 3.8) is 0 Å². The molecule has 38 heavy (non-hydrogen) atoms. The first-order valence-electron chi connectivity index (χ1n) is 12.3. The maximum Gasteiger partial charge on any atom is 0.416 e. The fraction of sp³-hybridized carbons (Fsp3) is 0.167. The van der Waals surface area contributed by atoms with Crippen molar-refractivity contribution in [3.8, 4) is 22.4 Å². The van der Waals surface area contributed by atoms with E-state index in [1.165, 1.54) is 12.1 Å². The van der Waals surface area contributed by atoms with Gasteiger partial charge in [0.05, 0.1) is 11.3 Å². The number of anilines is 1. The largest absolute Gasteiger partial charge is 0.416 e. The fourth-order valence-corrected chi connectivity index (χ4v) is 5.09. The summed E-state index contributed by atoms with van der Waals surface area (Å²) in [6.45, 7) is 1.72. The van der Waals surface area contributed by atoms with Crippen molar-refractivity contribution in [2.75, 3.05) is 24.5 Å². The Morgan fingerprint density at radius 2 is 1.58 bits per heavy atom. The van der Waals surface area contributed by atoms with Gasteiger partial charge in [0.15, 0.2) is 0 Å². The van der Waals surface area contributed by atoms with E-state index >= 15 is 0 Å². The first-order valence-corrected chi connectivity index (χ1v) is 12.3. The molecule has 3 aromatic carbocycles. The van der Waals surface area contributed by atoms with E-state index in [1.807, 2.05) is 47.5 Å². The molecule has 8 heteroatoms. The molecule has 1 unspecified atom stereocenters. The molecule has 0 N–H and O–H groups in total. The smallest absolute Gasteiger partial charge is 0.334 e. The third kappa shape index (κ3) is 4.53. The summed E-state index contributed by atoms with van der Waals surface area (Å²) in [4.78, 5) is 26.6. The monoisotopic (exact) mass is 512 g/mol. The number of carbonyl (C=O) groups excluding carboxylic acids is 1. The Labute approximate surface area is 217 Å². The molecule has 6 rings (SSSR count). The number of amides is 1. The number of hydrogen-bond acceptors (Lipinski definition) is 4. The zero-order chi connectivity index (χ0) is 26.3. The molecule has 0 radical (unpaired) electrons. The Kier molecular flexibility index (Phi) is 5.94. The van der Waals surface area contributed by atoms with Crippen LogP contribution in [0, 0.1) is 5.92 Å². The number of rotatable bonds is 4. The van der Waals surface area contributed by atoms with Gasteiger partial charge in [-0.25, -0.2) is 9.97 Å². The molecule has 2 aliphatic rings. The van der Waals surface area contributed by atoms with E-state index in [2.05, 4.69) is 4.98 Å². The Bertz CT molecular complexity index is 1520. The van der Waals surface area contributed by atoms with Crippen molar-refractivity contribution in [3.05, 3.63) is 114 Å². The molecule has 0 saturated carbocycles. The molecule has 1 aromatic heterocycles. The number of halogens is 3. The molecule has 0 spiro atoms. The molecule has 0 bridgehead atoms. The second kappa shape index (κ2) is 9.45. The summed E-state index contributed by atoms with van der Waals surface area (Å²) >= 11 is 0. The maximum atomic E-state index is 13.5. The second-order valence-electron chi connectivity index (χ2n) is 9.47. The van der Waals surface area contributed by atoms with Crippen molar-refractivity contribution < 1.29 is 18.0 Å². The van der Waals surface area contributed by atoms with Crippen molar-refractivity contribution in [2.45, 2.75) is 6.18 Å². The number of carbonyl (C=O) groups is 1. The van der Waals surface area contributed by atoms with Gasteiger partial charge < -0.3 is 9.80 Å². The first-order chi connectivity index (χ1) is 18.4. The van der Waals surface area contributed by atoms with E-state index in [4.69, 9.17) is 4.98 Å². The van der Waals surface area contributed by atoms with Crippen molar-refractivity contribution in [2.24, 2.45) is 5.92 Å². The first kappa shape index (κ1) is 23.9. The summed E-state index contributed by atoms with van der Waals surface area (Å²) in [5, 5.41) is 0. The molecule has 5 nitrogen and oxygen atoms in total. The number of likely N-dealkylation sites (tertiary alicyclic amines) is 1. The molecule has 190 valence electrons. The number of fused-ring (bicyclic) bond motifs is 1. The minimum absolute atomic E-state index is 0.135. The van der Waals surface area contributed by atoms with Gasteiger partial charge in [-0.3, -0.25) is 4.79 Å². The summed E-state index contributed by atoms with van der Waals surface area (Å²) < 4.78 is 39.0. The summed E-state index contributed by atoms with van der Waals surface area (Å²) in [5.74, 6) is 0.657. The molecule has 0 aliphatic carbocycles. The average Bonchev–Trinajstić information content (AvgIpc) is 3.53. The summed E-state index contributed by atoms with van der Waals surface area (Å²) in [6, 6.07) is 23.8. The van der Waals surface area contributed by atoms with Gasteiger partial charge in [0.25, 0.3) is 5.91 Å². The van der Waals surface area contributed by atoms with Gasteiger partial charge in [-0.1, -0.05) is 60.7 Å². The number of hydrogen-bond donors (Lipinski definition) is 0. The van der Waals surface area contributed by atoms with Crippen LogP contribution >= 0.6 is 0 Å². The van der Waals surface area contributed by atoms with Crippen LogP contribution in [0.1, 0.15) is 15.9 Å². The van der Waals surface area contributed by atoms with E-state index < -0.39 is 11.7 Å². The van der Waals surface area contributed by atoms with Crippen LogP contribution in [0.3, 0.4) is 0 Å². The van der Waals surface area contributed by atoms with Crippen molar-refractivity contribution >= 4 is 11.9 Å². The standard InChI is InChI=1S/C30H23F3N4O/c31-30(32,33)24-12-10-20(11-13-24)25-8-4-5-9-26(25)28(38)36-16-22-18-37(19-23(22)17-36)29-34-15-14-27(35-29)21-6-2-1-3-7-21/h1-15,18,23H,16-17,19H2. The van der Waals surface area contributed by atoms with Gasteiger partial charge >= 0.3 is 6.18 Å². The second-order valence-corrected chi connectivity index (χ2v) is 9.47. The number of aromatic nitrogens is 2. The van der Waals surface area contributed by atoms with Crippen LogP contribution in [0.25, 0.3) is 22.4 Å². The van der Waals surface area contributed by atoms with E-state index in [9.17, 15) is 18.0 Å². The van der Waals surface area contributed by atoms with Crippen LogP contribution < -0.4 is 4.90 Å². The normalized spacial score (nSPS) is 16.9. The predicted octanol–water partition coefficient (Wildman–Crippen LogP) is 6.31. The molecular weight excluding hydrogens is 489 g/mol. The van der Waals surface area contributed by atoms with Gasteiger partial charge in [-0.2, -0.15) is 13.2 Å². The summed E-state index contributed by atoms with van der Waals surface area (Å²) in [5.41, 5.74) is 3.96. The van der Waals surface area contributed by atoms with Crippen molar-refractivity contribution in [1.82, 2.24) is 14.9 Å². The van der Waals surface area contributed by atoms with Crippen LogP contribution in [0.5, 0.6) is 0 Å². The van der Waals surface area contributed by atoms with E-state index in [0.717, 1.165) is 29.0 Å². The highest BCUT2D eigenvalue weighted by molar-refractivity contribution is 6.01. The highest BCUT2D eigenvalue weighted by atomic mass is 19.4. The lowest BCUT2D eigenvalue weighted by atomic mass is 9.98. The lowest BCUT2D eigenvalue weighted by Crippen LogP contribution is -2.31. The minimum atomic E-state index is -4.41. The highest BCUT2D eigenvalue weighted by Gasteiger charge is 2.37. The van der Waals surface area contributed by atoms with Crippen LogP contribution in [0.4, 0.5) is 19.1 Å². The molecule has 1 amide bonds. The molecule has 3 heterocycles. The molecule has 4 aromatic rings. The Hall–Kier alpha value is -4.46. The van der Waals surface area contributed by atoms with E-state index in [1.54, 1.807) is 35.4 Å². The molecule has 1 atom stereocenters. The third-order valence-electron chi connectivity index (χ3n) is 7.01. The van der Waals surface area contributed by atoms with Crippen molar-refractivity contribution in [1.29, 1.82) is 0 Å². The lowest BCUT2D eigenvalue weighted by molar-refractivity contribution is -0.137.